The summed E-state index contributed by atoms with van der Waals surface area (Å²) < 4.78 is 22.3. The summed E-state index contributed by atoms with van der Waals surface area (Å²) in [5.41, 5.74) is 3.79. The topological polar surface area (TPSA) is 71.4 Å². The molecule has 2 heterocycles. The summed E-state index contributed by atoms with van der Waals surface area (Å²) in [4.78, 5) is 3.89. The molecule has 6 heteroatoms. The van der Waals surface area contributed by atoms with Gasteiger partial charge < -0.3 is 5.43 Å². The van der Waals surface area contributed by atoms with Crippen LogP contribution in [0.2, 0.25) is 0 Å². The van der Waals surface area contributed by atoms with Crippen LogP contribution in [0.25, 0.3) is 0 Å². The average Bonchev–Trinajstić information content (AvgIpc) is 2.60. The molecule has 0 radical (unpaired) electrons. The third-order valence-corrected chi connectivity index (χ3v) is 4.18. The lowest BCUT2D eigenvalue weighted by Gasteiger charge is -2.05. The van der Waals surface area contributed by atoms with E-state index in [1.165, 1.54) is 0 Å². The van der Waals surface area contributed by atoms with E-state index in [4.69, 9.17) is 0 Å². The third-order valence-electron chi connectivity index (χ3n) is 2.41. The van der Waals surface area contributed by atoms with E-state index in [-0.39, 0.29) is 17.5 Å². The number of hydrogen-bond donors (Lipinski definition) is 1. The highest BCUT2D eigenvalue weighted by atomic mass is 32.2. The van der Waals surface area contributed by atoms with E-state index in [9.17, 15) is 8.42 Å². The standard InChI is InChI=1S/C10H13N3O2S/c14-16(15)6-3-10(8-16)13-12-7-9-1-4-11-5-2-9/h1-2,4-5,7,10,13H,3,6,8H2. The van der Waals surface area contributed by atoms with Gasteiger partial charge in [0.2, 0.25) is 0 Å². The second kappa shape index (κ2) is 4.61. The van der Waals surface area contributed by atoms with Crippen molar-refractivity contribution in [3.8, 4) is 0 Å². The Morgan fingerprint density at radius 1 is 1.44 bits per heavy atom. The van der Waals surface area contributed by atoms with Crippen LogP contribution in [0.4, 0.5) is 0 Å². The minimum atomic E-state index is -2.84. The molecule has 5 nitrogen and oxygen atoms in total. The smallest absolute Gasteiger partial charge is 0.152 e. The number of nitrogens with zero attached hydrogens (tertiary/aromatic N) is 2. The Kier molecular flexibility index (Phi) is 3.19. The van der Waals surface area contributed by atoms with Gasteiger partial charge in [0, 0.05) is 12.4 Å². The van der Waals surface area contributed by atoms with Crippen LogP contribution in [0.3, 0.4) is 0 Å². The Bertz CT molecular complexity index is 470. The molecule has 0 amide bonds. The molecule has 1 unspecified atom stereocenters. The molecule has 2 rings (SSSR count). The molecular formula is C10H13N3O2S. The minimum absolute atomic E-state index is 0.0527. The van der Waals surface area contributed by atoms with Crippen LogP contribution in [-0.2, 0) is 9.84 Å². The lowest BCUT2D eigenvalue weighted by molar-refractivity contribution is 0.578. The Labute approximate surface area is 94.5 Å². The molecule has 1 aromatic heterocycles. The van der Waals surface area contributed by atoms with Gasteiger partial charge in [-0.15, -0.1) is 0 Å². The van der Waals surface area contributed by atoms with E-state index in [1.807, 2.05) is 12.1 Å². The Morgan fingerprint density at radius 3 is 2.81 bits per heavy atom. The summed E-state index contributed by atoms with van der Waals surface area (Å²) >= 11 is 0. The molecule has 1 atom stereocenters. The van der Waals surface area contributed by atoms with Crippen LogP contribution >= 0.6 is 0 Å². The molecule has 0 saturated carbocycles. The molecule has 1 aliphatic heterocycles. The Hall–Kier alpha value is -1.43. The van der Waals surface area contributed by atoms with Gasteiger partial charge in [-0.1, -0.05) is 0 Å². The van der Waals surface area contributed by atoms with Gasteiger partial charge in [0.15, 0.2) is 9.84 Å². The average molecular weight is 239 g/mol. The van der Waals surface area contributed by atoms with Gasteiger partial charge in [-0.25, -0.2) is 8.42 Å². The summed E-state index contributed by atoms with van der Waals surface area (Å²) in [6, 6.07) is 3.61. The Morgan fingerprint density at radius 2 is 2.19 bits per heavy atom. The highest BCUT2D eigenvalue weighted by Gasteiger charge is 2.27. The van der Waals surface area contributed by atoms with Crippen molar-refractivity contribution < 1.29 is 8.42 Å². The maximum atomic E-state index is 11.2. The fourth-order valence-corrected chi connectivity index (χ4v) is 3.23. The van der Waals surface area contributed by atoms with Crippen LogP contribution in [-0.4, -0.2) is 37.2 Å². The highest BCUT2D eigenvalue weighted by Crippen LogP contribution is 2.10. The molecular weight excluding hydrogens is 226 g/mol. The molecule has 1 aliphatic rings. The monoisotopic (exact) mass is 239 g/mol. The highest BCUT2D eigenvalue weighted by molar-refractivity contribution is 7.91. The number of aromatic nitrogens is 1. The lowest BCUT2D eigenvalue weighted by atomic mass is 10.3. The summed E-state index contributed by atoms with van der Waals surface area (Å²) in [6.45, 7) is 0. The lowest BCUT2D eigenvalue weighted by Crippen LogP contribution is -2.25. The zero-order valence-corrected chi connectivity index (χ0v) is 9.52. The van der Waals surface area contributed by atoms with Gasteiger partial charge in [-0.2, -0.15) is 5.10 Å². The second-order valence-electron chi connectivity index (χ2n) is 3.77. The largest absolute Gasteiger partial charge is 0.306 e. The van der Waals surface area contributed by atoms with E-state index in [2.05, 4.69) is 15.5 Å². The summed E-state index contributed by atoms with van der Waals surface area (Å²) in [5, 5.41) is 4.02. The van der Waals surface area contributed by atoms with Crippen molar-refractivity contribution in [1.82, 2.24) is 10.4 Å². The second-order valence-corrected chi connectivity index (χ2v) is 6.00. The van der Waals surface area contributed by atoms with Crippen LogP contribution < -0.4 is 5.43 Å². The molecule has 1 fully saturated rings. The third kappa shape index (κ3) is 3.03. The number of pyridine rings is 1. The van der Waals surface area contributed by atoms with Crippen molar-refractivity contribution in [2.45, 2.75) is 12.5 Å². The number of hydrazone groups is 1. The fraction of sp³-hybridized carbons (Fsp3) is 0.400. The summed E-state index contributed by atoms with van der Waals surface area (Å²) in [7, 11) is -2.84. The van der Waals surface area contributed by atoms with Crippen molar-refractivity contribution in [2.75, 3.05) is 11.5 Å². The van der Waals surface area contributed by atoms with Crippen LogP contribution in [0.15, 0.2) is 29.6 Å². The maximum Gasteiger partial charge on any atom is 0.152 e. The van der Waals surface area contributed by atoms with E-state index < -0.39 is 9.84 Å². The number of nitrogens with one attached hydrogen (secondary N) is 1. The zero-order chi connectivity index (χ0) is 11.4. The minimum Gasteiger partial charge on any atom is -0.306 e. The first-order valence-corrected chi connectivity index (χ1v) is 6.87. The van der Waals surface area contributed by atoms with Crippen molar-refractivity contribution in [3.05, 3.63) is 30.1 Å². The van der Waals surface area contributed by atoms with Crippen LogP contribution in [0.5, 0.6) is 0 Å². The molecule has 16 heavy (non-hydrogen) atoms. The molecule has 0 spiro atoms. The molecule has 1 aromatic rings. The first kappa shape index (κ1) is 11.1. The van der Waals surface area contributed by atoms with Gasteiger partial charge in [0.25, 0.3) is 0 Å². The Balaban J connectivity index is 1.87. The van der Waals surface area contributed by atoms with E-state index >= 15 is 0 Å². The molecule has 0 aromatic carbocycles. The maximum absolute atomic E-state index is 11.2. The molecule has 1 N–H and O–H groups in total. The fourth-order valence-electron chi connectivity index (χ4n) is 1.56. The molecule has 86 valence electrons. The number of sulfone groups is 1. The summed E-state index contributed by atoms with van der Waals surface area (Å²) in [5.74, 6) is 0.441. The van der Waals surface area contributed by atoms with Gasteiger partial charge in [0.1, 0.15) is 0 Å². The normalized spacial score (nSPS) is 23.6. The summed E-state index contributed by atoms with van der Waals surface area (Å²) in [6.07, 6.45) is 5.66. The van der Waals surface area contributed by atoms with E-state index in [1.54, 1.807) is 18.6 Å². The zero-order valence-electron chi connectivity index (χ0n) is 8.70. The predicted molar refractivity (Wildman–Crippen MR) is 62.0 cm³/mol. The van der Waals surface area contributed by atoms with Crippen LogP contribution in [0, 0.1) is 0 Å². The van der Waals surface area contributed by atoms with Gasteiger partial charge in [-0.3, -0.25) is 4.98 Å². The number of hydrogen-bond acceptors (Lipinski definition) is 5. The van der Waals surface area contributed by atoms with Gasteiger partial charge in [0.05, 0.1) is 23.8 Å². The SMILES string of the molecule is O=S1(=O)CCC(NN=Cc2ccncc2)C1. The van der Waals surface area contributed by atoms with Crippen molar-refractivity contribution >= 4 is 16.1 Å². The van der Waals surface area contributed by atoms with E-state index in [0.29, 0.717) is 6.42 Å². The van der Waals surface area contributed by atoms with Gasteiger partial charge >= 0.3 is 0 Å². The number of rotatable bonds is 3. The predicted octanol–water partition coefficient (Wildman–Crippen LogP) is 0.192. The molecule has 0 bridgehead atoms. The van der Waals surface area contributed by atoms with Crippen molar-refractivity contribution in [1.29, 1.82) is 0 Å². The van der Waals surface area contributed by atoms with Crippen LogP contribution in [0.1, 0.15) is 12.0 Å². The first-order chi connectivity index (χ1) is 7.66. The molecule has 0 aliphatic carbocycles. The van der Waals surface area contributed by atoms with Crippen molar-refractivity contribution in [3.63, 3.8) is 0 Å². The van der Waals surface area contributed by atoms with E-state index in [0.717, 1.165) is 5.56 Å². The molecule has 1 saturated heterocycles. The first-order valence-electron chi connectivity index (χ1n) is 5.05. The van der Waals surface area contributed by atoms with Gasteiger partial charge in [-0.05, 0) is 24.1 Å². The van der Waals surface area contributed by atoms with Crippen molar-refractivity contribution in [2.24, 2.45) is 5.10 Å². The quantitative estimate of drug-likeness (QED) is 0.604.